The molecule has 86 valence electrons. The molecule has 0 bridgehead atoms. The van der Waals surface area contributed by atoms with E-state index in [4.69, 9.17) is 0 Å². The van der Waals surface area contributed by atoms with Crippen molar-refractivity contribution in [3.05, 3.63) is 11.8 Å². The zero-order chi connectivity index (χ0) is 11.5. The first-order valence-electron chi connectivity index (χ1n) is 4.98. The van der Waals surface area contributed by atoms with Gasteiger partial charge in [-0.05, 0) is 6.92 Å². The third kappa shape index (κ3) is 2.37. The Kier molecular flexibility index (Phi) is 2.86. The summed E-state index contributed by atoms with van der Waals surface area (Å²) < 4.78 is 0. The molecule has 1 saturated heterocycles. The Balaban J connectivity index is 1.91. The maximum Gasteiger partial charge on any atom is 0.244 e. The average Bonchev–Trinajstić information content (AvgIpc) is 2.65. The van der Waals surface area contributed by atoms with Crippen molar-refractivity contribution < 1.29 is 9.59 Å². The summed E-state index contributed by atoms with van der Waals surface area (Å²) in [7, 11) is 0. The minimum absolute atomic E-state index is 0.0975. The second-order valence-corrected chi connectivity index (χ2v) is 3.66. The van der Waals surface area contributed by atoms with Crippen LogP contribution in [0.1, 0.15) is 5.69 Å². The maximum atomic E-state index is 11.7. The molecule has 7 heteroatoms. The fourth-order valence-electron chi connectivity index (χ4n) is 1.45. The van der Waals surface area contributed by atoms with E-state index in [9.17, 15) is 9.59 Å². The molecule has 7 nitrogen and oxygen atoms in total. The number of anilines is 1. The Morgan fingerprint density at radius 1 is 1.62 bits per heavy atom. The number of nitrogens with zero attached hydrogens (tertiary/aromatic N) is 1. The predicted molar refractivity (Wildman–Crippen MR) is 56.8 cm³/mol. The van der Waals surface area contributed by atoms with Crippen LogP contribution < -0.4 is 16.0 Å². The van der Waals surface area contributed by atoms with Crippen molar-refractivity contribution in [3.8, 4) is 0 Å². The summed E-state index contributed by atoms with van der Waals surface area (Å²) in [6.45, 7) is 2.31. The van der Waals surface area contributed by atoms with Gasteiger partial charge in [0.25, 0.3) is 0 Å². The van der Waals surface area contributed by atoms with Crippen LogP contribution in [0.3, 0.4) is 0 Å². The van der Waals surface area contributed by atoms with Crippen molar-refractivity contribution in [2.75, 3.05) is 18.4 Å². The molecule has 0 spiro atoms. The molecule has 2 amide bonds. The van der Waals surface area contributed by atoms with Crippen molar-refractivity contribution in [2.45, 2.75) is 13.0 Å². The normalized spacial score (nSPS) is 20.3. The molecular weight excluding hydrogens is 210 g/mol. The zero-order valence-corrected chi connectivity index (χ0v) is 8.83. The van der Waals surface area contributed by atoms with Crippen LogP contribution in [0.2, 0.25) is 0 Å². The van der Waals surface area contributed by atoms with E-state index in [1.807, 2.05) is 6.92 Å². The molecule has 2 heterocycles. The van der Waals surface area contributed by atoms with Gasteiger partial charge >= 0.3 is 0 Å². The summed E-state index contributed by atoms with van der Waals surface area (Å²) in [5.74, 6) is 0.187. The molecule has 0 radical (unpaired) electrons. The summed E-state index contributed by atoms with van der Waals surface area (Å²) in [5.41, 5.74) is 0.875. The average molecular weight is 223 g/mol. The molecule has 0 saturated carbocycles. The zero-order valence-electron chi connectivity index (χ0n) is 8.83. The lowest BCUT2D eigenvalue weighted by molar-refractivity contribution is -0.124. The number of carbonyl (C=O) groups excluding carboxylic acids is 2. The number of aromatic amines is 1. The SMILES string of the molecule is Cc1cc(NC(=O)C2CNC(=O)CN2)n[nH]1. The molecule has 1 aromatic heterocycles. The van der Waals surface area contributed by atoms with Gasteiger partial charge in [-0.15, -0.1) is 0 Å². The molecule has 1 atom stereocenters. The summed E-state index contributed by atoms with van der Waals surface area (Å²) in [6.07, 6.45) is 0. The lowest BCUT2D eigenvalue weighted by Crippen LogP contribution is -2.56. The standard InChI is InChI=1S/C9H13N5O2/c1-5-2-7(14-13-5)12-9(16)6-3-11-8(15)4-10-6/h2,6,10H,3-4H2,1H3,(H,11,15)(H2,12,13,14,16). The highest BCUT2D eigenvalue weighted by Crippen LogP contribution is 2.04. The highest BCUT2D eigenvalue weighted by Gasteiger charge is 2.23. The molecule has 0 aromatic carbocycles. The molecule has 2 rings (SSSR count). The Labute approximate surface area is 92.0 Å². The minimum atomic E-state index is -0.408. The second-order valence-electron chi connectivity index (χ2n) is 3.66. The summed E-state index contributed by atoms with van der Waals surface area (Å²) in [5, 5.41) is 14.7. The number of hydrogen-bond acceptors (Lipinski definition) is 4. The Bertz CT molecular complexity index is 404. The summed E-state index contributed by atoms with van der Waals surface area (Å²) in [6, 6.07) is 1.33. The van der Waals surface area contributed by atoms with Crippen molar-refractivity contribution in [1.29, 1.82) is 0 Å². The van der Waals surface area contributed by atoms with Crippen molar-refractivity contribution >= 4 is 17.6 Å². The Morgan fingerprint density at radius 3 is 3.00 bits per heavy atom. The topological polar surface area (TPSA) is 98.9 Å². The fourth-order valence-corrected chi connectivity index (χ4v) is 1.45. The van der Waals surface area contributed by atoms with E-state index >= 15 is 0 Å². The second kappa shape index (κ2) is 4.31. The number of nitrogens with one attached hydrogen (secondary N) is 4. The molecule has 0 aliphatic carbocycles. The first kappa shape index (κ1) is 10.6. The predicted octanol–water partition coefficient (Wildman–Crippen LogP) is -1.26. The van der Waals surface area contributed by atoms with Crippen LogP contribution >= 0.6 is 0 Å². The monoisotopic (exact) mass is 223 g/mol. The van der Waals surface area contributed by atoms with E-state index < -0.39 is 6.04 Å². The Hall–Kier alpha value is -1.89. The lowest BCUT2D eigenvalue weighted by atomic mass is 10.2. The molecule has 1 aliphatic rings. The van der Waals surface area contributed by atoms with Gasteiger partial charge in [-0.2, -0.15) is 5.10 Å². The molecular formula is C9H13N5O2. The lowest BCUT2D eigenvalue weighted by Gasteiger charge is -2.22. The molecule has 4 N–H and O–H groups in total. The highest BCUT2D eigenvalue weighted by atomic mass is 16.2. The van der Waals surface area contributed by atoms with Gasteiger partial charge in [0.05, 0.1) is 6.54 Å². The van der Waals surface area contributed by atoms with Gasteiger partial charge in [0.15, 0.2) is 5.82 Å². The van der Waals surface area contributed by atoms with E-state index in [1.54, 1.807) is 6.07 Å². The largest absolute Gasteiger partial charge is 0.353 e. The first-order chi connectivity index (χ1) is 7.65. The van der Waals surface area contributed by atoms with E-state index in [0.29, 0.717) is 12.4 Å². The first-order valence-corrected chi connectivity index (χ1v) is 4.98. The van der Waals surface area contributed by atoms with Crippen molar-refractivity contribution in [2.24, 2.45) is 0 Å². The smallest absolute Gasteiger partial charge is 0.244 e. The quantitative estimate of drug-likeness (QED) is 0.503. The molecule has 1 aliphatic heterocycles. The van der Waals surface area contributed by atoms with E-state index in [1.165, 1.54) is 0 Å². The van der Waals surface area contributed by atoms with Gasteiger partial charge in [-0.1, -0.05) is 0 Å². The van der Waals surface area contributed by atoms with Gasteiger partial charge in [-0.25, -0.2) is 0 Å². The summed E-state index contributed by atoms with van der Waals surface area (Å²) >= 11 is 0. The third-order valence-electron chi connectivity index (χ3n) is 2.29. The molecule has 1 unspecified atom stereocenters. The number of carbonyl (C=O) groups is 2. The van der Waals surface area contributed by atoms with Crippen molar-refractivity contribution in [1.82, 2.24) is 20.8 Å². The number of hydrogen-bond donors (Lipinski definition) is 4. The molecule has 1 aromatic rings. The van der Waals surface area contributed by atoms with Crippen LogP contribution in [0.5, 0.6) is 0 Å². The van der Waals surface area contributed by atoms with Crippen LogP contribution in [0, 0.1) is 6.92 Å². The van der Waals surface area contributed by atoms with E-state index in [0.717, 1.165) is 5.69 Å². The fraction of sp³-hybridized carbons (Fsp3) is 0.444. The number of piperazine rings is 1. The van der Waals surface area contributed by atoms with Gasteiger partial charge in [-0.3, -0.25) is 20.0 Å². The van der Waals surface area contributed by atoms with E-state index in [-0.39, 0.29) is 18.4 Å². The van der Waals surface area contributed by atoms with Gasteiger partial charge in [0.1, 0.15) is 6.04 Å². The minimum Gasteiger partial charge on any atom is -0.353 e. The van der Waals surface area contributed by atoms with Crippen LogP contribution in [0.25, 0.3) is 0 Å². The number of aryl methyl sites for hydroxylation is 1. The summed E-state index contributed by atoms with van der Waals surface area (Å²) in [4.78, 5) is 22.6. The Morgan fingerprint density at radius 2 is 2.44 bits per heavy atom. The van der Waals surface area contributed by atoms with Crippen molar-refractivity contribution in [3.63, 3.8) is 0 Å². The van der Waals surface area contributed by atoms with Gasteiger partial charge < -0.3 is 10.6 Å². The number of amides is 2. The van der Waals surface area contributed by atoms with E-state index in [2.05, 4.69) is 26.1 Å². The number of rotatable bonds is 2. The maximum absolute atomic E-state index is 11.7. The number of H-pyrrole nitrogens is 1. The van der Waals surface area contributed by atoms with Gasteiger partial charge in [0, 0.05) is 18.3 Å². The van der Waals surface area contributed by atoms with Crippen LogP contribution in [-0.2, 0) is 9.59 Å². The highest BCUT2D eigenvalue weighted by molar-refractivity contribution is 5.95. The number of aromatic nitrogens is 2. The van der Waals surface area contributed by atoms with Gasteiger partial charge in [0.2, 0.25) is 11.8 Å². The van der Waals surface area contributed by atoms with Crippen LogP contribution in [0.4, 0.5) is 5.82 Å². The van der Waals surface area contributed by atoms with Crippen LogP contribution in [-0.4, -0.2) is 41.1 Å². The third-order valence-corrected chi connectivity index (χ3v) is 2.29. The van der Waals surface area contributed by atoms with Crippen LogP contribution in [0.15, 0.2) is 6.07 Å². The molecule has 16 heavy (non-hydrogen) atoms. The molecule has 1 fully saturated rings.